The SMILES string of the molecule is CC(=O)N/N=C(/c1ccc(Cl)cc1)c1ccc([N+](=O)[O-])o1. The Morgan fingerprint density at radius 2 is 1.95 bits per heavy atom. The van der Waals surface area contributed by atoms with Crippen molar-refractivity contribution in [3.8, 4) is 0 Å². The van der Waals surface area contributed by atoms with Gasteiger partial charge in [0.1, 0.15) is 10.6 Å². The Hall–Kier alpha value is -2.67. The summed E-state index contributed by atoms with van der Waals surface area (Å²) in [6, 6.07) is 9.23. The first-order valence-electron chi connectivity index (χ1n) is 5.82. The summed E-state index contributed by atoms with van der Waals surface area (Å²) in [7, 11) is 0. The number of nitrogens with one attached hydrogen (secondary N) is 1. The highest BCUT2D eigenvalue weighted by molar-refractivity contribution is 6.30. The van der Waals surface area contributed by atoms with Gasteiger partial charge in [0.05, 0.1) is 6.07 Å². The van der Waals surface area contributed by atoms with Crippen LogP contribution in [0.1, 0.15) is 18.2 Å². The van der Waals surface area contributed by atoms with Crippen LogP contribution in [0.4, 0.5) is 5.88 Å². The van der Waals surface area contributed by atoms with Crippen LogP contribution in [0.25, 0.3) is 0 Å². The third-order valence-electron chi connectivity index (χ3n) is 2.45. The molecule has 108 valence electrons. The molecule has 2 aromatic rings. The smallest absolute Gasteiger partial charge is 0.399 e. The van der Waals surface area contributed by atoms with E-state index in [-0.39, 0.29) is 17.4 Å². The number of amides is 1. The van der Waals surface area contributed by atoms with Crippen LogP contribution in [0.15, 0.2) is 45.9 Å². The monoisotopic (exact) mass is 307 g/mol. The van der Waals surface area contributed by atoms with Gasteiger partial charge in [-0.15, -0.1) is 0 Å². The molecule has 1 aromatic heterocycles. The Labute approximate surface area is 124 Å². The molecule has 0 fully saturated rings. The van der Waals surface area contributed by atoms with Crippen molar-refractivity contribution in [1.29, 1.82) is 0 Å². The van der Waals surface area contributed by atoms with E-state index in [0.717, 1.165) is 0 Å². The number of hydrazone groups is 1. The molecular formula is C13H10ClN3O4. The van der Waals surface area contributed by atoms with Crippen LogP contribution < -0.4 is 5.43 Å². The molecule has 1 heterocycles. The summed E-state index contributed by atoms with van der Waals surface area (Å²) in [6.07, 6.45) is 0. The van der Waals surface area contributed by atoms with Crippen molar-refractivity contribution >= 4 is 29.1 Å². The molecule has 0 radical (unpaired) electrons. The summed E-state index contributed by atoms with van der Waals surface area (Å²) in [5, 5.41) is 15.1. The highest BCUT2D eigenvalue weighted by atomic mass is 35.5. The molecule has 0 atom stereocenters. The van der Waals surface area contributed by atoms with Gasteiger partial charge in [-0.2, -0.15) is 5.10 Å². The third kappa shape index (κ3) is 3.67. The maximum absolute atomic E-state index is 11.0. The Bertz CT molecular complexity index is 706. The summed E-state index contributed by atoms with van der Waals surface area (Å²) in [6.45, 7) is 1.30. The van der Waals surface area contributed by atoms with E-state index >= 15 is 0 Å². The van der Waals surface area contributed by atoms with Crippen LogP contribution in [0.5, 0.6) is 0 Å². The largest absolute Gasteiger partial charge is 0.433 e. The molecule has 21 heavy (non-hydrogen) atoms. The summed E-state index contributed by atoms with van der Waals surface area (Å²) >= 11 is 5.81. The van der Waals surface area contributed by atoms with Gasteiger partial charge in [-0.05, 0) is 18.2 Å². The van der Waals surface area contributed by atoms with Gasteiger partial charge in [-0.3, -0.25) is 14.9 Å². The third-order valence-corrected chi connectivity index (χ3v) is 2.70. The lowest BCUT2D eigenvalue weighted by Crippen LogP contribution is -2.16. The summed E-state index contributed by atoms with van der Waals surface area (Å²) < 4.78 is 5.11. The Morgan fingerprint density at radius 1 is 1.29 bits per heavy atom. The molecule has 7 nitrogen and oxygen atoms in total. The molecule has 0 bridgehead atoms. The quantitative estimate of drug-likeness (QED) is 0.533. The lowest BCUT2D eigenvalue weighted by molar-refractivity contribution is -0.402. The number of hydrogen-bond donors (Lipinski definition) is 1. The molecule has 0 aliphatic heterocycles. The highest BCUT2D eigenvalue weighted by Crippen LogP contribution is 2.20. The molecule has 1 aromatic carbocycles. The van der Waals surface area contributed by atoms with Crippen molar-refractivity contribution in [3.63, 3.8) is 0 Å². The summed E-state index contributed by atoms with van der Waals surface area (Å²) in [4.78, 5) is 21.0. The summed E-state index contributed by atoms with van der Waals surface area (Å²) in [5.41, 5.74) is 3.14. The van der Waals surface area contributed by atoms with Crippen molar-refractivity contribution in [2.75, 3.05) is 0 Å². The number of furan rings is 1. The molecule has 0 saturated heterocycles. The van der Waals surface area contributed by atoms with E-state index in [2.05, 4.69) is 10.5 Å². The van der Waals surface area contributed by atoms with E-state index in [1.54, 1.807) is 24.3 Å². The Balaban J connectivity index is 2.44. The second-order valence-electron chi connectivity index (χ2n) is 4.03. The number of rotatable bonds is 4. The van der Waals surface area contributed by atoms with Gasteiger partial charge in [-0.25, -0.2) is 5.43 Å². The zero-order valence-corrected chi connectivity index (χ0v) is 11.6. The van der Waals surface area contributed by atoms with Gasteiger partial charge in [0.15, 0.2) is 5.76 Å². The molecule has 0 saturated carbocycles. The maximum Gasteiger partial charge on any atom is 0.433 e. The van der Waals surface area contributed by atoms with Gasteiger partial charge >= 0.3 is 5.88 Å². The normalized spacial score (nSPS) is 11.2. The van der Waals surface area contributed by atoms with E-state index in [1.807, 2.05) is 0 Å². The number of halogens is 1. The fraction of sp³-hybridized carbons (Fsp3) is 0.0769. The van der Waals surface area contributed by atoms with Crippen molar-refractivity contribution in [3.05, 3.63) is 62.9 Å². The number of nitro groups is 1. The first-order valence-corrected chi connectivity index (χ1v) is 6.20. The molecule has 0 aliphatic rings. The molecule has 2 rings (SSSR count). The lowest BCUT2D eigenvalue weighted by atomic mass is 10.1. The van der Waals surface area contributed by atoms with Gasteiger partial charge in [-0.1, -0.05) is 23.7 Å². The highest BCUT2D eigenvalue weighted by Gasteiger charge is 2.17. The number of hydrogen-bond acceptors (Lipinski definition) is 5. The molecule has 1 amide bonds. The average molecular weight is 308 g/mol. The van der Waals surface area contributed by atoms with Crippen molar-refractivity contribution in [2.45, 2.75) is 6.92 Å². The average Bonchev–Trinajstić information content (AvgIpc) is 2.90. The van der Waals surface area contributed by atoms with E-state index in [4.69, 9.17) is 16.0 Å². The van der Waals surface area contributed by atoms with Crippen LogP contribution in [-0.4, -0.2) is 16.5 Å². The Kier molecular flexibility index (Phi) is 4.34. The second-order valence-corrected chi connectivity index (χ2v) is 4.47. The van der Waals surface area contributed by atoms with Crippen LogP contribution in [0, 0.1) is 10.1 Å². The van der Waals surface area contributed by atoms with Crippen molar-refractivity contribution < 1.29 is 14.1 Å². The van der Waals surface area contributed by atoms with E-state index in [9.17, 15) is 14.9 Å². The first kappa shape index (κ1) is 14.7. The van der Waals surface area contributed by atoms with Gasteiger partial charge < -0.3 is 4.42 Å². The zero-order valence-electron chi connectivity index (χ0n) is 10.9. The van der Waals surface area contributed by atoms with E-state index < -0.39 is 10.8 Å². The predicted molar refractivity (Wildman–Crippen MR) is 76.3 cm³/mol. The van der Waals surface area contributed by atoms with E-state index in [0.29, 0.717) is 10.6 Å². The van der Waals surface area contributed by atoms with Crippen LogP contribution in [-0.2, 0) is 4.79 Å². The Morgan fingerprint density at radius 3 is 2.48 bits per heavy atom. The van der Waals surface area contributed by atoms with E-state index in [1.165, 1.54) is 19.1 Å². The predicted octanol–water partition coefficient (Wildman–Crippen LogP) is 2.73. The fourth-order valence-electron chi connectivity index (χ4n) is 1.56. The van der Waals surface area contributed by atoms with Crippen LogP contribution in [0.2, 0.25) is 5.02 Å². The van der Waals surface area contributed by atoms with Gasteiger partial charge in [0, 0.05) is 17.5 Å². The minimum absolute atomic E-state index is 0.165. The molecule has 1 N–H and O–H groups in total. The number of nitrogens with zero attached hydrogens (tertiary/aromatic N) is 2. The van der Waals surface area contributed by atoms with Crippen molar-refractivity contribution in [1.82, 2.24) is 5.43 Å². The van der Waals surface area contributed by atoms with Crippen LogP contribution >= 0.6 is 11.6 Å². The lowest BCUT2D eigenvalue weighted by Gasteiger charge is -2.04. The standard InChI is InChI=1S/C13H10ClN3O4/c1-8(18)15-16-13(9-2-4-10(14)5-3-9)11-6-7-12(21-11)17(19)20/h2-7H,1H3,(H,15,18)/b16-13-. The molecule has 0 spiro atoms. The maximum atomic E-state index is 11.0. The van der Waals surface area contributed by atoms with Crippen LogP contribution in [0.3, 0.4) is 0 Å². The molecule has 0 unspecified atom stereocenters. The van der Waals surface area contributed by atoms with Crippen molar-refractivity contribution in [2.24, 2.45) is 5.10 Å². The fourth-order valence-corrected chi connectivity index (χ4v) is 1.68. The topological polar surface area (TPSA) is 97.7 Å². The minimum Gasteiger partial charge on any atom is -0.399 e. The van der Waals surface area contributed by atoms with Gasteiger partial charge in [0.25, 0.3) is 0 Å². The number of benzene rings is 1. The van der Waals surface area contributed by atoms with Gasteiger partial charge in [0.2, 0.25) is 5.91 Å². The first-order chi connectivity index (χ1) is 9.97. The molecule has 0 aliphatic carbocycles. The molecule has 8 heteroatoms. The minimum atomic E-state index is -0.651. The number of carbonyl (C=O) groups is 1. The molecular weight excluding hydrogens is 298 g/mol. The summed E-state index contributed by atoms with van der Waals surface area (Å²) in [5.74, 6) is -0.616. The zero-order chi connectivity index (χ0) is 15.4. The number of carbonyl (C=O) groups excluding carboxylic acids is 1. The second kappa shape index (κ2) is 6.19.